The van der Waals surface area contributed by atoms with Gasteiger partial charge in [0.2, 0.25) is 0 Å². The van der Waals surface area contributed by atoms with Crippen LogP contribution in [-0.2, 0) is 0 Å². The molecule has 2 N–H and O–H groups in total. The number of nitrogens with one attached hydrogen (secondary N) is 2. The zero-order valence-corrected chi connectivity index (χ0v) is 18.1. The molecule has 0 unspecified atom stereocenters. The number of rotatable bonds is 4. The highest BCUT2D eigenvalue weighted by Gasteiger charge is 2.15. The van der Waals surface area contributed by atoms with Crippen LogP contribution in [0.4, 0.5) is 5.69 Å². The van der Waals surface area contributed by atoms with Crippen LogP contribution in [0.5, 0.6) is 0 Å². The van der Waals surface area contributed by atoms with Crippen molar-refractivity contribution in [1.82, 2.24) is 35.1 Å². The van der Waals surface area contributed by atoms with E-state index in [1.807, 2.05) is 62.0 Å². The van der Waals surface area contributed by atoms with Crippen molar-refractivity contribution in [2.24, 2.45) is 0 Å². The van der Waals surface area contributed by atoms with Crippen molar-refractivity contribution in [1.29, 1.82) is 0 Å². The van der Waals surface area contributed by atoms with Crippen molar-refractivity contribution in [3.05, 3.63) is 73.6 Å². The molecule has 8 heteroatoms. The Bertz CT molecular complexity index is 1600. The van der Waals surface area contributed by atoms with Gasteiger partial charge in [-0.1, -0.05) is 0 Å². The molecule has 0 spiro atoms. The third-order valence-corrected chi connectivity index (χ3v) is 5.72. The number of fused-ring (bicyclic) bond motifs is 2. The molecule has 0 amide bonds. The molecule has 0 atom stereocenters. The molecular formula is C25H20N8. The van der Waals surface area contributed by atoms with Crippen LogP contribution < -0.4 is 4.90 Å². The van der Waals surface area contributed by atoms with Crippen LogP contribution >= 0.6 is 0 Å². The van der Waals surface area contributed by atoms with Gasteiger partial charge in [-0.15, -0.1) is 0 Å². The average molecular weight is 432 g/mol. The van der Waals surface area contributed by atoms with Gasteiger partial charge in [-0.2, -0.15) is 5.10 Å². The van der Waals surface area contributed by atoms with Crippen molar-refractivity contribution in [3.8, 4) is 33.9 Å². The predicted molar refractivity (Wildman–Crippen MR) is 130 cm³/mol. The minimum absolute atomic E-state index is 0.832. The predicted octanol–water partition coefficient (Wildman–Crippen LogP) is 4.69. The second-order valence-electron chi connectivity index (χ2n) is 8.06. The van der Waals surface area contributed by atoms with Crippen LogP contribution in [0.2, 0.25) is 0 Å². The molecule has 0 aromatic carbocycles. The Labute approximate surface area is 189 Å². The van der Waals surface area contributed by atoms with Crippen LogP contribution in [0.25, 0.3) is 55.7 Å². The van der Waals surface area contributed by atoms with Gasteiger partial charge in [0.15, 0.2) is 0 Å². The standard InChI is InChI=1S/C25H20N8/c1-33(2)17-8-16(12-27-13-17)21-9-19-23(14-29-21)31-32-25(19)22-10-18-20(30-22)5-7-28-24(18)15-4-3-6-26-11-15/h3-14,30H,1-2H3,(H,31,32). The van der Waals surface area contributed by atoms with E-state index in [-0.39, 0.29) is 0 Å². The van der Waals surface area contributed by atoms with Crippen molar-refractivity contribution in [3.63, 3.8) is 0 Å². The maximum atomic E-state index is 4.62. The first-order valence-electron chi connectivity index (χ1n) is 10.5. The summed E-state index contributed by atoms with van der Waals surface area (Å²) in [5.74, 6) is 0. The third kappa shape index (κ3) is 3.28. The Morgan fingerprint density at radius 3 is 2.48 bits per heavy atom. The smallest absolute Gasteiger partial charge is 0.116 e. The second-order valence-corrected chi connectivity index (χ2v) is 8.06. The first-order valence-corrected chi connectivity index (χ1v) is 10.5. The van der Waals surface area contributed by atoms with Crippen LogP contribution in [0, 0.1) is 0 Å². The van der Waals surface area contributed by atoms with Crippen molar-refractivity contribution in [2.45, 2.75) is 0 Å². The largest absolute Gasteiger partial charge is 0.376 e. The van der Waals surface area contributed by atoms with Gasteiger partial charge in [-0.25, -0.2) is 0 Å². The zero-order valence-electron chi connectivity index (χ0n) is 18.1. The number of pyridine rings is 4. The number of aromatic amines is 2. The van der Waals surface area contributed by atoms with E-state index in [1.54, 1.807) is 12.4 Å². The van der Waals surface area contributed by atoms with Gasteiger partial charge in [-0.3, -0.25) is 25.0 Å². The minimum Gasteiger partial charge on any atom is -0.376 e. The number of hydrogen-bond donors (Lipinski definition) is 2. The summed E-state index contributed by atoms with van der Waals surface area (Å²) in [5.41, 5.74) is 8.28. The highest BCUT2D eigenvalue weighted by molar-refractivity contribution is 6.00. The summed E-state index contributed by atoms with van der Waals surface area (Å²) in [6, 6.07) is 12.1. The fourth-order valence-electron chi connectivity index (χ4n) is 4.01. The maximum Gasteiger partial charge on any atom is 0.116 e. The summed E-state index contributed by atoms with van der Waals surface area (Å²) in [7, 11) is 3.99. The van der Waals surface area contributed by atoms with E-state index in [0.717, 1.165) is 61.4 Å². The van der Waals surface area contributed by atoms with Gasteiger partial charge in [0.1, 0.15) is 5.69 Å². The van der Waals surface area contributed by atoms with E-state index >= 15 is 0 Å². The second kappa shape index (κ2) is 7.52. The highest BCUT2D eigenvalue weighted by atomic mass is 15.1. The molecule has 6 heterocycles. The number of nitrogens with zero attached hydrogens (tertiary/aromatic N) is 6. The Morgan fingerprint density at radius 1 is 0.758 bits per heavy atom. The summed E-state index contributed by atoms with van der Waals surface area (Å²) in [6.07, 6.45) is 10.9. The Balaban J connectivity index is 1.48. The Hall–Kier alpha value is -4.59. The summed E-state index contributed by atoms with van der Waals surface area (Å²) in [6.45, 7) is 0. The molecule has 0 aliphatic carbocycles. The van der Waals surface area contributed by atoms with Gasteiger partial charge in [-0.05, 0) is 36.4 Å². The Morgan fingerprint density at radius 2 is 1.64 bits per heavy atom. The summed E-state index contributed by atoms with van der Waals surface area (Å²) < 4.78 is 0. The van der Waals surface area contributed by atoms with Crippen molar-refractivity contribution < 1.29 is 0 Å². The van der Waals surface area contributed by atoms with E-state index in [2.05, 4.69) is 53.3 Å². The number of H-pyrrole nitrogens is 2. The van der Waals surface area contributed by atoms with Crippen LogP contribution in [-0.4, -0.2) is 49.2 Å². The molecule has 33 heavy (non-hydrogen) atoms. The summed E-state index contributed by atoms with van der Waals surface area (Å²) in [4.78, 5) is 23.4. The lowest BCUT2D eigenvalue weighted by atomic mass is 10.1. The molecule has 0 aliphatic rings. The van der Waals surface area contributed by atoms with E-state index in [4.69, 9.17) is 0 Å². The van der Waals surface area contributed by atoms with Gasteiger partial charge < -0.3 is 9.88 Å². The summed E-state index contributed by atoms with van der Waals surface area (Å²) in [5, 5.41) is 9.70. The van der Waals surface area contributed by atoms with E-state index in [9.17, 15) is 0 Å². The Kier molecular flexibility index (Phi) is 4.36. The topological polar surface area (TPSA) is 99.3 Å². The first kappa shape index (κ1) is 19.1. The number of hydrogen-bond acceptors (Lipinski definition) is 6. The lowest BCUT2D eigenvalue weighted by molar-refractivity contribution is 1.11. The third-order valence-electron chi connectivity index (χ3n) is 5.72. The molecule has 6 rings (SSSR count). The fourth-order valence-corrected chi connectivity index (χ4v) is 4.01. The summed E-state index contributed by atoms with van der Waals surface area (Å²) >= 11 is 0. The molecule has 0 aliphatic heterocycles. The zero-order chi connectivity index (χ0) is 22.4. The van der Waals surface area contributed by atoms with Gasteiger partial charge in [0.05, 0.1) is 40.7 Å². The van der Waals surface area contributed by atoms with Crippen molar-refractivity contribution in [2.75, 3.05) is 19.0 Å². The van der Waals surface area contributed by atoms with Crippen LogP contribution in [0.3, 0.4) is 0 Å². The lowest BCUT2D eigenvalue weighted by Crippen LogP contribution is -2.08. The van der Waals surface area contributed by atoms with Crippen molar-refractivity contribution >= 4 is 27.5 Å². The average Bonchev–Trinajstić information content (AvgIpc) is 3.48. The lowest BCUT2D eigenvalue weighted by Gasteiger charge is -2.12. The molecule has 0 radical (unpaired) electrons. The molecule has 160 valence electrons. The number of aromatic nitrogens is 7. The molecule has 0 fully saturated rings. The van der Waals surface area contributed by atoms with Gasteiger partial charge >= 0.3 is 0 Å². The SMILES string of the molecule is CN(C)c1cncc(-c2cc3c(-c4cc5c(-c6cccnc6)nccc5[nH]4)n[nH]c3cn2)c1. The fraction of sp³-hybridized carbons (Fsp3) is 0.0800. The molecule has 8 nitrogen and oxygen atoms in total. The first-order chi connectivity index (χ1) is 16.2. The highest BCUT2D eigenvalue weighted by Crippen LogP contribution is 2.33. The van der Waals surface area contributed by atoms with Gasteiger partial charge in [0.25, 0.3) is 0 Å². The van der Waals surface area contributed by atoms with Gasteiger partial charge in [0, 0.05) is 66.3 Å². The quantitative estimate of drug-likeness (QED) is 0.419. The van der Waals surface area contributed by atoms with E-state index in [0.29, 0.717) is 0 Å². The molecule has 0 bridgehead atoms. The molecule has 6 aromatic heterocycles. The van der Waals surface area contributed by atoms with Crippen LogP contribution in [0.15, 0.2) is 73.6 Å². The van der Waals surface area contributed by atoms with Crippen LogP contribution in [0.1, 0.15) is 0 Å². The molecular weight excluding hydrogens is 412 g/mol. The molecule has 0 saturated heterocycles. The maximum absolute atomic E-state index is 4.62. The van der Waals surface area contributed by atoms with E-state index < -0.39 is 0 Å². The normalized spacial score (nSPS) is 11.3. The van der Waals surface area contributed by atoms with E-state index in [1.165, 1.54) is 0 Å². The molecule has 6 aromatic rings. The molecule has 0 saturated carbocycles. The number of anilines is 1. The monoisotopic (exact) mass is 432 g/mol. The minimum atomic E-state index is 0.832.